The monoisotopic (exact) mass is 296 g/mol. The van der Waals surface area contributed by atoms with E-state index in [1.54, 1.807) is 12.1 Å². The first-order valence-electron chi connectivity index (χ1n) is 4.88. The molecule has 0 N–H and O–H groups in total. The number of hydrogen-bond donors (Lipinski definition) is 0. The van der Waals surface area contributed by atoms with Gasteiger partial charge in [-0.1, -0.05) is 46.3 Å². The van der Waals surface area contributed by atoms with Crippen molar-refractivity contribution in [3.05, 3.63) is 64.4 Å². The summed E-state index contributed by atoms with van der Waals surface area (Å²) >= 11 is 4.99. The Hall–Kier alpha value is -0.800. The normalized spacial score (nSPS) is 10.4. The summed E-state index contributed by atoms with van der Waals surface area (Å²) in [7, 11) is 0. The summed E-state index contributed by atoms with van der Waals surface area (Å²) in [5.74, 6) is 0.613. The molecule has 0 spiro atoms. The maximum absolute atomic E-state index is 13.4. The van der Waals surface area contributed by atoms with Gasteiger partial charge in [-0.15, -0.1) is 11.8 Å². The molecule has 2 rings (SSSR count). The topological polar surface area (TPSA) is 0 Å². The second kappa shape index (κ2) is 5.51. The molecule has 2 aromatic carbocycles. The molecule has 0 unspecified atom stereocenters. The number of benzene rings is 2. The Kier molecular flexibility index (Phi) is 4.02. The van der Waals surface area contributed by atoms with Crippen LogP contribution in [0.4, 0.5) is 4.39 Å². The minimum Gasteiger partial charge on any atom is -0.206 e. The van der Waals surface area contributed by atoms with Gasteiger partial charge >= 0.3 is 0 Å². The van der Waals surface area contributed by atoms with E-state index in [1.165, 1.54) is 23.4 Å². The van der Waals surface area contributed by atoms with Crippen molar-refractivity contribution in [2.24, 2.45) is 0 Å². The van der Waals surface area contributed by atoms with E-state index in [0.717, 1.165) is 10.2 Å². The third-order valence-corrected chi connectivity index (χ3v) is 4.05. The lowest BCUT2D eigenvalue weighted by molar-refractivity contribution is 0.602. The summed E-state index contributed by atoms with van der Waals surface area (Å²) in [6, 6.07) is 14.8. The molecule has 0 aliphatic heterocycles. The number of rotatable bonds is 3. The molecule has 0 saturated carbocycles. The van der Waals surface area contributed by atoms with Crippen LogP contribution >= 0.6 is 27.7 Å². The number of halogens is 2. The van der Waals surface area contributed by atoms with Gasteiger partial charge in [-0.3, -0.25) is 0 Å². The first-order valence-corrected chi connectivity index (χ1v) is 6.66. The molecule has 0 heterocycles. The molecule has 0 atom stereocenters. The third kappa shape index (κ3) is 2.86. The van der Waals surface area contributed by atoms with Crippen LogP contribution in [0, 0.1) is 5.82 Å². The zero-order chi connectivity index (χ0) is 11.4. The molecule has 16 heavy (non-hydrogen) atoms. The maximum atomic E-state index is 13.4. The lowest BCUT2D eigenvalue weighted by Gasteiger charge is -2.04. The molecule has 0 nitrogen and oxygen atoms in total. The van der Waals surface area contributed by atoms with E-state index in [2.05, 4.69) is 15.9 Å². The molecule has 0 aromatic heterocycles. The summed E-state index contributed by atoms with van der Waals surface area (Å²) in [5.41, 5.74) is 1.18. The van der Waals surface area contributed by atoms with Crippen LogP contribution in [0.2, 0.25) is 0 Å². The van der Waals surface area contributed by atoms with E-state index in [0.29, 0.717) is 4.90 Å². The average Bonchev–Trinajstić information content (AvgIpc) is 2.30. The maximum Gasteiger partial charge on any atom is 0.136 e. The lowest BCUT2D eigenvalue weighted by Crippen LogP contribution is -1.84. The smallest absolute Gasteiger partial charge is 0.136 e. The van der Waals surface area contributed by atoms with Crippen LogP contribution in [0.3, 0.4) is 0 Å². The minimum atomic E-state index is -0.153. The van der Waals surface area contributed by atoms with Crippen molar-refractivity contribution in [1.82, 2.24) is 0 Å². The highest BCUT2D eigenvalue weighted by atomic mass is 79.9. The Morgan fingerprint density at radius 2 is 1.69 bits per heavy atom. The molecule has 0 radical (unpaired) electrons. The first kappa shape index (κ1) is 11.7. The average molecular weight is 297 g/mol. The number of thioether (sulfide) groups is 1. The van der Waals surface area contributed by atoms with Gasteiger partial charge in [-0.25, -0.2) is 4.39 Å². The van der Waals surface area contributed by atoms with Gasteiger partial charge < -0.3 is 0 Å². The van der Waals surface area contributed by atoms with E-state index in [9.17, 15) is 4.39 Å². The summed E-state index contributed by atoms with van der Waals surface area (Å²) in [6.45, 7) is 0. The Balaban J connectivity index is 2.09. The van der Waals surface area contributed by atoms with E-state index < -0.39 is 0 Å². The fourth-order valence-electron chi connectivity index (χ4n) is 1.33. The predicted octanol–water partition coefficient (Wildman–Crippen LogP) is 4.88. The standard InChI is InChI=1S/C13H10BrFS/c14-11-6-2-1-5-10(11)9-16-13-8-4-3-7-12(13)15/h1-8H,9H2. The zero-order valence-electron chi connectivity index (χ0n) is 8.49. The molecule has 0 saturated heterocycles. The van der Waals surface area contributed by atoms with E-state index >= 15 is 0 Å². The van der Waals surface area contributed by atoms with Crippen LogP contribution in [0.1, 0.15) is 5.56 Å². The summed E-state index contributed by atoms with van der Waals surface area (Å²) in [5, 5.41) is 0. The van der Waals surface area contributed by atoms with Crippen LogP contribution < -0.4 is 0 Å². The van der Waals surface area contributed by atoms with Crippen molar-refractivity contribution < 1.29 is 4.39 Å². The van der Waals surface area contributed by atoms with E-state index in [4.69, 9.17) is 0 Å². The Morgan fingerprint density at radius 3 is 2.44 bits per heavy atom. The summed E-state index contributed by atoms with van der Waals surface area (Å²) < 4.78 is 14.4. The molecule has 3 heteroatoms. The molecular weight excluding hydrogens is 287 g/mol. The highest BCUT2D eigenvalue weighted by Crippen LogP contribution is 2.28. The van der Waals surface area contributed by atoms with Gasteiger partial charge in [0, 0.05) is 15.1 Å². The predicted molar refractivity (Wildman–Crippen MR) is 70.1 cm³/mol. The van der Waals surface area contributed by atoms with Crippen LogP contribution in [0.15, 0.2) is 57.9 Å². The second-order valence-electron chi connectivity index (χ2n) is 3.31. The van der Waals surface area contributed by atoms with Gasteiger partial charge in [0.25, 0.3) is 0 Å². The highest BCUT2D eigenvalue weighted by molar-refractivity contribution is 9.10. The van der Waals surface area contributed by atoms with Gasteiger partial charge in [0.05, 0.1) is 0 Å². The van der Waals surface area contributed by atoms with Crippen LogP contribution in [-0.2, 0) is 5.75 Å². The van der Waals surface area contributed by atoms with Crippen molar-refractivity contribution in [3.63, 3.8) is 0 Å². The molecule has 2 aromatic rings. The van der Waals surface area contributed by atoms with Gasteiger partial charge in [-0.2, -0.15) is 0 Å². The Bertz CT molecular complexity index is 439. The Labute approximate surface area is 107 Å². The van der Waals surface area contributed by atoms with E-state index in [1.807, 2.05) is 30.3 Å². The molecule has 0 aliphatic rings. The summed E-state index contributed by atoms with van der Waals surface area (Å²) in [4.78, 5) is 0.693. The van der Waals surface area contributed by atoms with Crippen molar-refractivity contribution in [3.8, 4) is 0 Å². The number of hydrogen-bond acceptors (Lipinski definition) is 1. The quantitative estimate of drug-likeness (QED) is 0.728. The fraction of sp³-hybridized carbons (Fsp3) is 0.0769. The lowest BCUT2D eigenvalue weighted by atomic mass is 10.2. The molecule has 0 bridgehead atoms. The van der Waals surface area contributed by atoms with Crippen LogP contribution in [0.5, 0.6) is 0 Å². The van der Waals surface area contributed by atoms with Crippen molar-refractivity contribution in [1.29, 1.82) is 0 Å². The van der Waals surface area contributed by atoms with Crippen molar-refractivity contribution in [2.75, 3.05) is 0 Å². The Morgan fingerprint density at radius 1 is 1.00 bits per heavy atom. The van der Waals surface area contributed by atoms with Crippen molar-refractivity contribution in [2.45, 2.75) is 10.6 Å². The van der Waals surface area contributed by atoms with Crippen molar-refractivity contribution >= 4 is 27.7 Å². The SMILES string of the molecule is Fc1ccccc1SCc1ccccc1Br. The summed E-state index contributed by atoms with van der Waals surface area (Å²) in [6.07, 6.45) is 0. The first-order chi connectivity index (χ1) is 7.77. The van der Waals surface area contributed by atoms with Crippen LogP contribution in [0.25, 0.3) is 0 Å². The molecule has 0 amide bonds. The fourth-order valence-corrected chi connectivity index (χ4v) is 2.89. The van der Waals surface area contributed by atoms with Gasteiger partial charge in [0.2, 0.25) is 0 Å². The molecule has 82 valence electrons. The molecule has 0 aliphatic carbocycles. The third-order valence-electron chi connectivity index (χ3n) is 2.18. The molecular formula is C13H10BrFS. The zero-order valence-corrected chi connectivity index (χ0v) is 10.9. The second-order valence-corrected chi connectivity index (χ2v) is 5.18. The largest absolute Gasteiger partial charge is 0.206 e. The minimum absolute atomic E-state index is 0.153. The van der Waals surface area contributed by atoms with Crippen LogP contribution in [-0.4, -0.2) is 0 Å². The van der Waals surface area contributed by atoms with Gasteiger partial charge in [0.15, 0.2) is 0 Å². The van der Waals surface area contributed by atoms with Gasteiger partial charge in [-0.05, 0) is 23.8 Å². The highest BCUT2D eigenvalue weighted by Gasteiger charge is 2.03. The van der Waals surface area contributed by atoms with E-state index in [-0.39, 0.29) is 5.82 Å². The van der Waals surface area contributed by atoms with Gasteiger partial charge in [0.1, 0.15) is 5.82 Å². The molecule has 0 fully saturated rings.